The second-order valence-electron chi connectivity index (χ2n) is 5.81. The number of nitrogens with zero attached hydrogens (tertiary/aromatic N) is 2. The number of methoxy groups -OCH3 is 2. The Morgan fingerprint density at radius 2 is 2.04 bits per heavy atom. The number of hydrogen-bond acceptors (Lipinski definition) is 4. The summed E-state index contributed by atoms with van der Waals surface area (Å²) in [6.45, 7) is 5.08. The first-order valence-corrected chi connectivity index (χ1v) is 8.42. The maximum atomic E-state index is 11.6. The van der Waals surface area contributed by atoms with Crippen LogP contribution in [0.25, 0.3) is 0 Å². The van der Waals surface area contributed by atoms with E-state index in [1.807, 2.05) is 24.3 Å². The number of likely N-dealkylation sites (tertiary alicyclic amines) is 1. The second kappa shape index (κ2) is 11.2. The third-order valence-electron chi connectivity index (χ3n) is 4.21. The van der Waals surface area contributed by atoms with Crippen LogP contribution < -0.4 is 10.1 Å². The highest BCUT2D eigenvalue weighted by Crippen LogP contribution is 2.19. The number of carbonyl (C=O) groups is 1. The molecular formula is C18H28IN3O3. The van der Waals surface area contributed by atoms with Gasteiger partial charge in [0.05, 0.1) is 26.7 Å². The number of rotatable bonds is 5. The number of halogens is 1. The van der Waals surface area contributed by atoms with Gasteiger partial charge in [-0.1, -0.05) is 12.1 Å². The number of benzene rings is 1. The molecule has 6 nitrogen and oxygen atoms in total. The number of nitrogens with one attached hydrogen (secondary N) is 1. The predicted octanol–water partition coefficient (Wildman–Crippen LogP) is 2.66. The fourth-order valence-corrected chi connectivity index (χ4v) is 2.86. The zero-order valence-electron chi connectivity index (χ0n) is 15.2. The van der Waals surface area contributed by atoms with Crippen LogP contribution in [0.5, 0.6) is 5.75 Å². The van der Waals surface area contributed by atoms with Gasteiger partial charge in [0, 0.05) is 19.6 Å². The standard InChI is InChI=1S/C18H27N3O3.HI/c1-4-19-18(20-13-14-6-5-7-16(12-14)23-2)21-10-8-15(9-11-21)17(22)24-3;/h5-7,12,15H,4,8-11,13H2,1-3H3,(H,19,20);1H. The molecule has 0 aliphatic carbocycles. The van der Waals surface area contributed by atoms with E-state index >= 15 is 0 Å². The quantitative estimate of drug-likeness (QED) is 0.316. The van der Waals surface area contributed by atoms with E-state index in [1.165, 1.54) is 7.11 Å². The molecule has 0 atom stereocenters. The summed E-state index contributed by atoms with van der Waals surface area (Å²) < 4.78 is 10.1. The molecule has 1 aliphatic heterocycles. The van der Waals surface area contributed by atoms with Crippen LogP contribution in [0.15, 0.2) is 29.3 Å². The van der Waals surface area contributed by atoms with E-state index < -0.39 is 0 Å². The maximum Gasteiger partial charge on any atom is 0.308 e. The van der Waals surface area contributed by atoms with E-state index in [0.717, 1.165) is 49.7 Å². The minimum absolute atomic E-state index is 0. The van der Waals surface area contributed by atoms with Crippen molar-refractivity contribution < 1.29 is 14.3 Å². The summed E-state index contributed by atoms with van der Waals surface area (Å²) in [5.41, 5.74) is 1.11. The lowest BCUT2D eigenvalue weighted by Crippen LogP contribution is -2.46. The van der Waals surface area contributed by atoms with E-state index in [4.69, 9.17) is 14.5 Å². The van der Waals surface area contributed by atoms with Gasteiger partial charge in [-0.2, -0.15) is 0 Å². The summed E-state index contributed by atoms with van der Waals surface area (Å²) in [4.78, 5) is 18.6. The zero-order valence-corrected chi connectivity index (χ0v) is 17.5. The van der Waals surface area contributed by atoms with E-state index in [2.05, 4.69) is 17.1 Å². The molecule has 1 saturated heterocycles. The summed E-state index contributed by atoms with van der Waals surface area (Å²) in [6.07, 6.45) is 1.60. The zero-order chi connectivity index (χ0) is 17.4. The Bertz CT molecular complexity index is 572. The highest BCUT2D eigenvalue weighted by molar-refractivity contribution is 14.0. The largest absolute Gasteiger partial charge is 0.497 e. The molecule has 1 aliphatic rings. The average molecular weight is 461 g/mol. The number of guanidine groups is 1. The summed E-state index contributed by atoms with van der Waals surface area (Å²) in [7, 11) is 3.12. The van der Waals surface area contributed by atoms with Gasteiger partial charge >= 0.3 is 5.97 Å². The van der Waals surface area contributed by atoms with Gasteiger partial charge < -0.3 is 19.7 Å². The Hall–Kier alpha value is -1.51. The molecule has 2 rings (SSSR count). The van der Waals surface area contributed by atoms with Crippen LogP contribution in [0.4, 0.5) is 0 Å². The molecule has 0 aromatic heterocycles. The molecule has 0 spiro atoms. The number of carbonyl (C=O) groups excluding carboxylic acids is 1. The molecule has 140 valence electrons. The minimum Gasteiger partial charge on any atom is -0.497 e. The van der Waals surface area contributed by atoms with Crippen LogP contribution >= 0.6 is 24.0 Å². The van der Waals surface area contributed by atoms with Crippen molar-refractivity contribution >= 4 is 35.9 Å². The lowest BCUT2D eigenvalue weighted by molar-refractivity contribution is -0.146. The Balaban J connectivity index is 0.00000312. The van der Waals surface area contributed by atoms with Crippen LogP contribution in [-0.4, -0.2) is 50.7 Å². The fourth-order valence-electron chi connectivity index (χ4n) is 2.86. The molecule has 1 fully saturated rings. The Morgan fingerprint density at radius 1 is 1.32 bits per heavy atom. The van der Waals surface area contributed by atoms with Crippen molar-refractivity contribution in [3.63, 3.8) is 0 Å². The van der Waals surface area contributed by atoms with Crippen LogP contribution in [-0.2, 0) is 16.1 Å². The molecule has 7 heteroatoms. The van der Waals surface area contributed by atoms with Crippen LogP contribution in [0.2, 0.25) is 0 Å². The smallest absolute Gasteiger partial charge is 0.308 e. The van der Waals surface area contributed by atoms with E-state index in [0.29, 0.717) is 6.54 Å². The number of aliphatic imine (C=N–C) groups is 1. The molecule has 0 saturated carbocycles. The van der Waals surface area contributed by atoms with Gasteiger partial charge in [0.25, 0.3) is 0 Å². The van der Waals surface area contributed by atoms with Crippen molar-refractivity contribution in [1.29, 1.82) is 0 Å². The van der Waals surface area contributed by atoms with Crippen molar-refractivity contribution in [3.8, 4) is 5.75 Å². The highest BCUT2D eigenvalue weighted by atomic mass is 127. The molecule has 0 bridgehead atoms. The lowest BCUT2D eigenvalue weighted by atomic mass is 9.97. The first kappa shape index (κ1) is 21.5. The number of hydrogen-bond donors (Lipinski definition) is 1. The van der Waals surface area contributed by atoms with Crippen LogP contribution in [0, 0.1) is 5.92 Å². The summed E-state index contributed by atoms with van der Waals surface area (Å²) in [6, 6.07) is 7.93. The van der Waals surface area contributed by atoms with E-state index in [1.54, 1.807) is 7.11 Å². The minimum atomic E-state index is -0.104. The van der Waals surface area contributed by atoms with Gasteiger partial charge in [-0.05, 0) is 37.5 Å². The van der Waals surface area contributed by atoms with E-state index in [-0.39, 0.29) is 35.9 Å². The van der Waals surface area contributed by atoms with Gasteiger partial charge in [0.1, 0.15) is 5.75 Å². The molecular weight excluding hydrogens is 433 g/mol. The van der Waals surface area contributed by atoms with Crippen molar-refractivity contribution in [2.24, 2.45) is 10.9 Å². The Kier molecular flexibility index (Phi) is 9.62. The SMILES string of the molecule is CCNC(=NCc1cccc(OC)c1)N1CCC(C(=O)OC)CC1.I. The monoisotopic (exact) mass is 461 g/mol. The third kappa shape index (κ3) is 6.37. The molecule has 1 N–H and O–H groups in total. The number of ether oxygens (including phenoxy) is 2. The number of esters is 1. The lowest BCUT2D eigenvalue weighted by Gasteiger charge is -2.33. The molecule has 0 amide bonds. The first-order valence-electron chi connectivity index (χ1n) is 8.42. The van der Waals surface area contributed by atoms with Crippen molar-refractivity contribution in [3.05, 3.63) is 29.8 Å². The molecule has 1 aromatic carbocycles. The summed E-state index contributed by atoms with van der Waals surface area (Å²) in [5, 5.41) is 3.34. The molecule has 1 aromatic rings. The van der Waals surface area contributed by atoms with Crippen molar-refractivity contribution in [2.45, 2.75) is 26.3 Å². The van der Waals surface area contributed by atoms with Gasteiger partial charge in [-0.3, -0.25) is 4.79 Å². The highest BCUT2D eigenvalue weighted by Gasteiger charge is 2.26. The number of piperidine rings is 1. The Morgan fingerprint density at radius 3 is 2.64 bits per heavy atom. The van der Waals surface area contributed by atoms with Gasteiger partial charge in [-0.25, -0.2) is 4.99 Å². The van der Waals surface area contributed by atoms with Crippen LogP contribution in [0.3, 0.4) is 0 Å². The normalized spacial score (nSPS) is 15.3. The van der Waals surface area contributed by atoms with E-state index in [9.17, 15) is 4.79 Å². The second-order valence-corrected chi connectivity index (χ2v) is 5.81. The predicted molar refractivity (Wildman–Crippen MR) is 110 cm³/mol. The summed E-state index contributed by atoms with van der Waals surface area (Å²) >= 11 is 0. The summed E-state index contributed by atoms with van der Waals surface area (Å²) in [5.74, 6) is 1.63. The van der Waals surface area contributed by atoms with Crippen molar-refractivity contribution in [1.82, 2.24) is 10.2 Å². The topological polar surface area (TPSA) is 63.2 Å². The molecule has 25 heavy (non-hydrogen) atoms. The van der Waals surface area contributed by atoms with Gasteiger partial charge in [0.15, 0.2) is 5.96 Å². The maximum absolute atomic E-state index is 11.6. The van der Waals surface area contributed by atoms with Gasteiger partial charge in [0.2, 0.25) is 0 Å². The van der Waals surface area contributed by atoms with Crippen LogP contribution in [0.1, 0.15) is 25.3 Å². The molecule has 1 heterocycles. The first-order chi connectivity index (χ1) is 11.7. The Labute approximate surface area is 167 Å². The van der Waals surface area contributed by atoms with Crippen molar-refractivity contribution in [2.75, 3.05) is 33.9 Å². The fraction of sp³-hybridized carbons (Fsp3) is 0.556. The van der Waals surface area contributed by atoms with Gasteiger partial charge in [-0.15, -0.1) is 24.0 Å². The average Bonchev–Trinajstić information content (AvgIpc) is 2.64. The third-order valence-corrected chi connectivity index (χ3v) is 4.21. The molecule has 0 unspecified atom stereocenters. The molecule has 0 radical (unpaired) electrons.